The molecule has 2 heterocycles. The first-order chi connectivity index (χ1) is 13.9. The molecule has 0 atom stereocenters. The largest absolute Gasteiger partial charge is 0.338 e. The maximum atomic E-state index is 11.6. The molecular weight excluding hydrogens is 408 g/mol. The molecule has 0 aliphatic heterocycles. The summed E-state index contributed by atoms with van der Waals surface area (Å²) in [6.07, 6.45) is 5.95. The Bertz CT molecular complexity index is 1310. The molecule has 2 aromatic heterocycles. The Morgan fingerprint density at radius 2 is 1.83 bits per heavy atom. The highest BCUT2D eigenvalue weighted by atomic mass is 35.5. The normalized spacial score (nSPS) is 11.5. The minimum atomic E-state index is -3.10. The van der Waals surface area contributed by atoms with E-state index in [0.29, 0.717) is 10.8 Å². The molecule has 0 radical (unpaired) electrons. The van der Waals surface area contributed by atoms with E-state index < -0.39 is 9.84 Å². The fourth-order valence-electron chi connectivity index (χ4n) is 3.10. The molecule has 0 fully saturated rings. The molecule has 0 aliphatic carbocycles. The Kier molecular flexibility index (Phi) is 5.17. The van der Waals surface area contributed by atoms with Crippen molar-refractivity contribution in [1.82, 2.24) is 15.0 Å². The fraction of sp³-hybridized carbons (Fsp3) is 0.0952. The summed E-state index contributed by atoms with van der Waals surface area (Å²) in [6.45, 7) is 0. The number of anilines is 2. The number of nitrogens with zero attached hydrogens (tertiary/aromatic N) is 3. The van der Waals surface area contributed by atoms with Gasteiger partial charge in [0.15, 0.2) is 9.84 Å². The molecule has 8 heteroatoms. The van der Waals surface area contributed by atoms with Gasteiger partial charge in [0.1, 0.15) is 12.1 Å². The zero-order chi connectivity index (χ0) is 20.4. The van der Waals surface area contributed by atoms with Gasteiger partial charge in [0, 0.05) is 17.8 Å². The summed E-state index contributed by atoms with van der Waals surface area (Å²) in [4.78, 5) is 12.8. The molecule has 4 rings (SSSR count). The SMILES string of the molecule is CS(=O)(=O)Cc1cccc(-c2ccc3ncnc(Nc4cncc(Cl)c4)c3c2)c1. The Morgan fingerprint density at radius 3 is 2.62 bits per heavy atom. The predicted molar refractivity (Wildman–Crippen MR) is 116 cm³/mol. The van der Waals surface area contributed by atoms with E-state index in [4.69, 9.17) is 11.6 Å². The van der Waals surface area contributed by atoms with Crippen LogP contribution in [0.3, 0.4) is 0 Å². The number of aromatic nitrogens is 3. The van der Waals surface area contributed by atoms with Crippen LogP contribution in [-0.4, -0.2) is 29.6 Å². The number of nitrogens with one attached hydrogen (secondary N) is 1. The van der Waals surface area contributed by atoms with E-state index in [0.717, 1.165) is 33.3 Å². The van der Waals surface area contributed by atoms with Crippen molar-refractivity contribution in [2.24, 2.45) is 0 Å². The van der Waals surface area contributed by atoms with Crippen molar-refractivity contribution in [3.63, 3.8) is 0 Å². The van der Waals surface area contributed by atoms with Gasteiger partial charge in [-0.25, -0.2) is 18.4 Å². The third kappa shape index (κ3) is 4.70. The molecule has 1 N–H and O–H groups in total. The summed E-state index contributed by atoms with van der Waals surface area (Å²) >= 11 is 6.02. The molecule has 29 heavy (non-hydrogen) atoms. The van der Waals surface area contributed by atoms with Crippen LogP contribution in [0.25, 0.3) is 22.0 Å². The highest BCUT2D eigenvalue weighted by Gasteiger charge is 2.09. The number of hydrogen-bond donors (Lipinski definition) is 1. The number of hydrogen-bond acceptors (Lipinski definition) is 6. The van der Waals surface area contributed by atoms with Crippen molar-refractivity contribution in [2.45, 2.75) is 5.75 Å². The van der Waals surface area contributed by atoms with E-state index >= 15 is 0 Å². The van der Waals surface area contributed by atoms with Crippen molar-refractivity contribution in [3.8, 4) is 11.1 Å². The van der Waals surface area contributed by atoms with Gasteiger partial charge in [-0.05, 0) is 34.9 Å². The zero-order valence-corrected chi connectivity index (χ0v) is 17.1. The Hall–Kier alpha value is -3.03. The molecule has 0 amide bonds. The molecule has 6 nitrogen and oxygen atoms in total. The van der Waals surface area contributed by atoms with Crippen LogP contribution in [0.15, 0.2) is 67.3 Å². The predicted octanol–water partition coefficient (Wildman–Crippen LogP) is 4.63. The second-order valence-corrected chi connectivity index (χ2v) is 9.32. The van der Waals surface area contributed by atoms with Gasteiger partial charge >= 0.3 is 0 Å². The van der Waals surface area contributed by atoms with Crippen LogP contribution < -0.4 is 5.32 Å². The summed E-state index contributed by atoms with van der Waals surface area (Å²) in [5.74, 6) is 0.639. The lowest BCUT2D eigenvalue weighted by Crippen LogP contribution is -2.00. The van der Waals surface area contributed by atoms with Crippen LogP contribution >= 0.6 is 11.6 Å². The first-order valence-corrected chi connectivity index (χ1v) is 11.2. The lowest BCUT2D eigenvalue weighted by molar-refractivity contribution is 0.601. The molecule has 0 saturated heterocycles. The third-order valence-corrected chi connectivity index (χ3v) is 5.36. The van der Waals surface area contributed by atoms with E-state index in [-0.39, 0.29) is 5.75 Å². The second-order valence-electron chi connectivity index (χ2n) is 6.74. The van der Waals surface area contributed by atoms with Crippen LogP contribution in [-0.2, 0) is 15.6 Å². The zero-order valence-electron chi connectivity index (χ0n) is 15.5. The monoisotopic (exact) mass is 424 g/mol. The number of halogens is 1. The van der Waals surface area contributed by atoms with E-state index in [1.165, 1.54) is 12.6 Å². The van der Waals surface area contributed by atoms with Crippen LogP contribution in [0.2, 0.25) is 5.02 Å². The van der Waals surface area contributed by atoms with Gasteiger partial charge in [0.25, 0.3) is 0 Å². The van der Waals surface area contributed by atoms with Gasteiger partial charge in [-0.3, -0.25) is 4.98 Å². The highest BCUT2D eigenvalue weighted by molar-refractivity contribution is 7.89. The third-order valence-electron chi connectivity index (χ3n) is 4.29. The smallest absolute Gasteiger partial charge is 0.151 e. The first kappa shape index (κ1) is 19.3. The van der Waals surface area contributed by atoms with Gasteiger partial charge < -0.3 is 5.32 Å². The number of pyridine rings is 1. The van der Waals surface area contributed by atoms with Crippen LogP contribution in [0, 0.1) is 0 Å². The van der Waals surface area contributed by atoms with E-state index in [9.17, 15) is 8.42 Å². The van der Waals surface area contributed by atoms with Crippen LogP contribution in [0.5, 0.6) is 0 Å². The molecule has 2 aromatic carbocycles. The average Bonchev–Trinajstić information content (AvgIpc) is 2.67. The molecule has 146 valence electrons. The molecule has 0 saturated carbocycles. The van der Waals surface area contributed by atoms with Gasteiger partial charge in [0.05, 0.1) is 28.2 Å². The van der Waals surface area contributed by atoms with E-state index in [1.54, 1.807) is 18.5 Å². The topological polar surface area (TPSA) is 84.8 Å². The van der Waals surface area contributed by atoms with Crippen molar-refractivity contribution >= 4 is 43.8 Å². The summed E-state index contributed by atoms with van der Waals surface area (Å²) in [5, 5.41) is 4.59. The van der Waals surface area contributed by atoms with Gasteiger partial charge in [-0.1, -0.05) is 41.9 Å². The lowest BCUT2D eigenvalue weighted by Gasteiger charge is -2.10. The molecule has 0 aliphatic rings. The summed E-state index contributed by atoms with van der Waals surface area (Å²) in [6, 6.07) is 15.1. The standard InChI is InChI=1S/C21H17ClN4O2S/c1-29(27,28)12-14-3-2-4-15(7-14)16-5-6-20-19(8-16)21(25-13-24-20)26-18-9-17(22)10-23-11-18/h2-11,13H,12H2,1H3,(H,24,25,26). The maximum Gasteiger partial charge on any atom is 0.151 e. The molecule has 0 unspecified atom stereocenters. The van der Waals surface area contributed by atoms with E-state index in [2.05, 4.69) is 20.3 Å². The highest BCUT2D eigenvalue weighted by Crippen LogP contribution is 2.29. The van der Waals surface area contributed by atoms with Gasteiger partial charge in [0.2, 0.25) is 0 Å². The van der Waals surface area contributed by atoms with Crippen molar-refractivity contribution in [3.05, 3.63) is 77.8 Å². The minimum Gasteiger partial charge on any atom is -0.338 e. The first-order valence-electron chi connectivity index (χ1n) is 8.77. The van der Waals surface area contributed by atoms with Crippen molar-refractivity contribution < 1.29 is 8.42 Å². The molecule has 4 aromatic rings. The maximum absolute atomic E-state index is 11.6. The van der Waals surface area contributed by atoms with Crippen molar-refractivity contribution in [1.29, 1.82) is 0 Å². The average molecular weight is 425 g/mol. The minimum absolute atomic E-state index is 0.00606. The summed E-state index contributed by atoms with van der Waals surface area (Å²) < 4.78 is 23.3. The number of rotatable bonds is 5. The van der Waals surface area contributed by atoms with Crippen LogP contribution in [0.4, 0.5) is 11.5 Å². The lowest BCUT2D eigenvalue weighted by atomic mass is 10.0. The number of fused-ring (bicyclic) bond motifs is 1. The molecule has 0 bridgehead atoms. The Labute approximate surface area is 173 Å². The Morgan fingerprint density at radius 1 is 1.00 bits per heavy atom. The van der Waals surface area contributed by atoms with Crippen LogP contribution in [0.1, 0.15) is 5.56 Å². The number of benzene rings is 2. The quantitative estimate of drug-likeness (QED) is 0.502. The second kappa shape index (κ2) is 7.77. The summed E-state index contributed by atoms with van der Waals surface area (Å²) in [5.41, 5.74) is 4.12. The van der Waals surface area contributed by atoms with E-state index in [1.807, 2.05) is 42.5 Å². The molecular formula is C21H17ClN4O2S. The summed E-state index contributed by atoms with van der Waals surface area (Å²) in [7, 11) is -3.10. The fourth-order valence-corrected chi connectivity index (χ4v) is 4.06. The Balaban J connectivity index is 1.75. The van der Waals surface area contributed by atoms with Gasteiger partial charge in [-0.15, -0.1) is 0 Å². The van der Waals surface area contributed by atoms with Crippen molar-refractivity contribution in [2.75, 3.05) is 11.6 Å². The molecule has 0 spiro atoms. The van der Waals surface area contributed by atoms with Gasteiger partial charge in [-0.2, -0.15) is 0 Å². The number of sulfone groups is 1.